The van der Waals surface area contributed by atoms with Gasteiger partial charge in [0.1, 0.15) is 41.8 Å². The Kier molecular flexibility index (Phi) is 10.9. The van der Waals surface area contributed by atoms with E-state index in [0.29, 0.717) is 56.8 Å². The van der Waals surface area contributed by atoms with Crippen molar-refractivity contribution < 1.29 is 33.4 Å². The van der Waals surface area contributed by atoms with Crippen molar-refractivity contribution in [2.24, 2.45) is 5.92 Å². The van der Waals surface area contributed by atoms with Crippen LogP contribution in [0.1, 0.15) is 52.0 Å². The number of likely N-dealkylation sites (tertiary alicyclic amines) is 1. The number of fused-ring (bicyclic) bond motifs is 13. The number of aromatic nitrogens is 1. The zero-order chi connectivity index (χ0) is 33.5. The largest absolute Gasteiger partial charge is 0.489 e. The second-order valence-corrected chi connectivity index (χ2v) is 12.7. The van der Waals surface area contributed by atoms with Gasteiger partial charge in [-0.25, -0.2) is 0 Å². The van der Waals surface area contributed by atoms with Crippen molar-refractivity contribution in [2.75, 3.05) is 26.2 Å². The summed E-state index contributed by atoms with van der Waals surface area (Å²) in [5.74, 6) is -1.11. The van der Waals surface area contributed by atoms with Crippen molar-refractivity contribution in [3.8, 4) is 11.5 Å². The van der Waals surface area contributed by atoms with Crippen LogP contribution in [-0.2, 0) is 30.4 Å². The standard InChI is InChI=1S/C34H44N6O7/c1-21(2)30-34(45)40-15-5-7-28(40)32(43)36-22(3)31(42)37-27(18-23-8-10-24(11-9-23)46-20-29(41)38-30)33(44)39-16-12-25(13-17-39)47-26-6-4-14-35-19-26/h4,6,8-11,14,19,21-22,25,27-28,30H,5,7,12-13,15-18,20H2,1-3H3,(H,36,43)(H,37,42)(H,38,41)/t22-,27-,28+,30-/m0/s1. The van der Waals surface area contributed by atoms with Crippen LogP contribution < -0.4 is 25.4 Å². The van der Waals surface area contributed by atoms with Crippen LogP contribution in [0, 0.1) is 5.92 Å². The van der Waals surface area contributed by atoms with Gasteiger partial charge in [0, 0.05) is 45.1 Å². The van der Waals surface area contributed by atoms with Crippen LogP contribution in [-0.4, -0.2) is 101 Å². The van der Waals surface area contributed by atoms with Gasteiger partial charge >= 0.3 is 0 Å². The summed E-state index contributed by atoms with van der Waals surface area (Å²) in [4.78, 5) is 74.4. The van der Waals surface area contributed by atoms with Gasteiger partial charge in [0.25, 0.3) is 5.91 Å². The molecule has 0 saturated carbocycles. The van der Waals surface area contributed by atoms with E-state index in [9.17, 15) is 24.0 Å². The number of hydrogen-bond acceptors (Lipinski definition) is 8. The van der Waals surface area contributed by atoms with E-state index in [1.165, 1.54) is 4.90 Å². The molecule has 6 rings (SSSR count). The fourth-order valence-electron chi connectivity index (χ4n) is 6.21. The van der Waals surface area contributed by atoms with Gasteiger partial charge in [-0.05, 0) is 55.5 Å². The first-order valence-corrected chi connectivity index (χ1v) is 16.4. The molecule has 0 radical (unpaired) electrons. The number of carbonyl (C=O) groups is 5. The highest BCUT2D eigenvalue weighted by Gasteiger charge is 2.40. The third-order valence-electron chi connectivity index (χ3n) is 8.88. The summed E-state index contributed by atoms with van der Waals surface area (Å²) in [6.07, 6.45) is 5.79. The smallest absolute Gasteiger partial charge is 0.258 e. The number of carbonyl (C=O) groups excluding carboxylic acids is 5. The summed E-state index contributed by atoms with van der Waals surface area (Å²) in [7, 11) is 0. The van der Waals surface area contributed by atoms with Crippen LogP contribution >= 0.6 is 0 Å². The van der Waals surface area contributed by atoms with Crippen LogP contribution in [0.3, 0.4) is 0 Å². The summed E-state index contributed by atoms with van der Waals surface area (Å²) in [5, 5.41) is 8.41. The number of hydrogen-bond donors (Lipinski definition) is 3. The van der Waals surface area contributed by atoms with E-state index < -0.39 is 41.9 Å². The summed E-state index contributed by atoms with van der Waals surface area (Å²) in [5.41, 5.74) is 0.775. The molecule has 2 saturated heterocycles. The first-order chi connectivity index (χ1) is 22.6. The lowest BCUT2D eigenvalue weighted by atomic mass is 10.0. The van der Waals surface area contributed by atoms with Gasteiger partial charge in [-0.15, -0.1) is 0 Å². The number of amides is 5. The summed E-state index contributed by atoms with van der Waals surface area (Å²) < 4.78 is 11.7. The quantitative estimate of drug-likeness (QED) is 0.446. The van der Waals surface area contributed by atoms with E-state index >= 15 is 0 Å². The summed E-state index contributed by atoms with van der Waals surface area (Å²) in [6.45, 7) is 6.19. The van der Waals surface area contributed by atoms with E-state index in [1.54, 1.807) is 48.5 Å². The van der Waals surface area contributed by atoms with E-state index in [-0.39, 0.29) is 36.9 Å². The molecular weight excluding hydrogens is 604 g/mol. The molecule has 0 unspecified atom stereocenters. The van der Waals surface area contributed by atoms with Crippen LogP contribution in [0.4, 0.5) is 0 Å². The Bertz CT molecular complexity index is 1430. The zero-order valence-corrected chi connectivity index (χ0v) is 27.1. The number of pyridine rings is 1. The molecular formula is C34H44N6O7. The Labute approximate surface area is 274 Å². The van der Waals surface area contributed by atoms with Crippen LogP contribution in [0.25, 0.3) is 0 Å². The Balaban J connectivity index is 1.33. The molecule has 4 aliphatic heterocycles. The van der Waals surface area contributed by atoms with Gasteiger partial charge in [-0.3, -0.25) is 29.0 Å². The van der Waals surface area contributed by atoms with Gasteiger partial charge in [0.15, 0.2) is 6.61 Å². The first kappa shape index (κ1) is 33.7. The molecule has 1 aromatic carbocycles. The van der Waals surface area contributed by atoms with Crippen molar-refractivity contribution in [3.05, 3.63) is 54.4 Å². The molecule has 47 heavy (non-hydrogen) atoms. The van der Waals surface area contributed by atoms with Gasteiger partial charge < -0.3 is 35.2 Å². The monoisotopic (exact) mass is 648 g/mol. The Morgan fingerprint density at radius 1 is 0.957 bits per heavy atom. The Hall–Kier alpha value is -4.68. The molecule has 13 heteroatoms. The highest BCUT2D eigenvalue weighted by molar-refractivity contribution is 5.96. The molecule has 1 aromatic heterocycles. The minimum atomic E-state index is -0.965. The van der Waals surface area contributed by atoms with Crippen molar-refractivity contribution in [3.63, 3.8) is 0 Å². The average Bonchev–Trinajstić information content (AvgIpc) is 3.57. The molecule has 0 spiro atoms. The molecule has 4 aliphatic rings. The Morgan fingerprint density at radius 3 is 2.38 bits per heavy atom. The molecule has 0 aliphatic carbocycles. The van der Waals surface area contributed by atoms with Crippen molar-refractivity contribution >= 4 is 29.5 Å². The predicted molar refractivity (Wildman–Crippen MR) is 171 cm³/mol. The number of rotatable bonds is 4. The van der Waals surface area contributed by atoms with Crippen LogP contribution in [0.5, 0.6) is 11.5 Å². The number of benzene rings is 1. The second-order valence-electron chi connectivity index (χ2n) is 12.7. The maximum absolute atomic E-state index is 13.9. The van der Waals surface area contributed by atoms with Crippen molar-refractivity contribution in [1.29, 1.82) is 0 Å². The van der Waals surface area contributed by atoms with Crippen LogP contribution in [0.2, 0.25) is 0 Å². The lowest BCUT2D eigenvalue weighted by Crippen LogP contribution is -2.58. The minimum Gasteiger partial charge on any atom is -0.489 e. The third-order valence-corrected chi connectivity index (χ3v) is 8.88. The first-order valence-electron chi connectivity index (χ1n) is 16.4. The van der Waals surface area contributed by atoms with Crippen molar-refractivity contribution in [1.82, 2.24) is 30.7 Å². The number of nitrogens with one attached hydrogen (secondary N) is 3. The SMILES string of the molecule is CC(C)[C@@H]1NC(=O)COc2ccc(cc2)C[C@@H](C(=O)N2CCC(Oc3cccnc3)CC2)NC(=O)[C@H](C)NC(=O)[C@H]2CCCN2C1=O. The van der Waals surface area contributed by atoms with Gasteiger partial charge in [0.05, 0.1) is 6.20 Å². The van der Waals surface area contributed by atoms with E-state index in [1.807, 2.05) is 26.0 Å². The topological polar surface area (TPSA) is 159 Å². The summed E-state index contributed by atoms with van der Waals surface area (Å²) >= 11 is 0. The molecule has 13 nitrogen and oxygen atoms in total. The van der Waals surface area contributed by atoms with Crippen molar-refractivity contribution in [2.45, 2.75) is 83.1 Å². The molecule has 252 valence electrons. The minimum absolute atomic E-state index is 0.0601. The van der Waals surface area contributed by atoms with E-state index in [0.717, 1.165) is 5.56 Å². The summed E-state index contributed by atoms with van der Waals surface area (Å²) in [6, 6.07) is 7.13. The molecule has 2 bridgehead atoms. The number of ether oxygens (including phenoxy) is 2. The molecule has 5 amide bonds. The zero-order valence-electron chi connectivity index (χ0n) is 27.1. The van der Waals surface area contributed by atoms with E-state index in [4.69, 9.17) is 9.47 Å². The van der Waals surface area contributed by atoms with Gasteiger partial charge in [-0.1, -0.05) is 26.0 Å². The molecule has 4 atom stereocenters. The molecule has 5 heterocycles. The van der Waals surface area contributed by atoms with Gasteiger partial charge in [0.2, 0.25) is 23.6 Å². The van der Waals surface area contributed by atoms with E-state index in [2.05, 4.69) is 20.9 Å². The average molecular weight is 649 g/mol. The fraction of sp³-hybridized carbons (Fsp3) is 0.529. The maximum Gasteiger partial charge on any atom is 0.258 e. The van der Waals surface area contributed by atoms with Gasteiger partial charge in [-0.2, -0.15) is 0 Å². The Morgan fingerprint density at radius 2 is 1.70 bits per heavy atom. The third kappa shape index (κ3) is 8.57. The molecule has 2 fully saturated rings. The maximum atomic E-state index is 13.9. The normalized spacial score (nSPS) is 25.1. The lowest BCUT2D eigenvalue weighted by molar-refractivity contribution is -0.143. The lowest BCUT2D eigenvalue weighted by Gasteiger charge is -2.35. The fourth-order valence-corrected chi connectivity index (χ4v) is 6.21. The molecule has 3 N–H and O–H groups in total. The van der Waals surface area contributed by atoms with Crippen LogP contribution in [0.15, 0.2) is 48.8 Å². The number of nitrogens with zero attached hydrogens (tertiary/aromatic N) is 3. The second kappa shape index (κ2) is 15.3. The molecule has 2 aromatic rings. The number of piperidine rings is 1. The predicted octanol–water partition coefficient (Wildman–Crippen LogP) is 1.21. The highest BCUT2D eigenvalue weighted by atomic mass is 16.5. The highest BCUT2D eigenvalue weighted by Crippen LogP contribution is 2.22.